The standard InChI is InChI=1S/C22H22N2O4/c1-3-10-23-14-18-12-16(8-9-21(18)28-2)11-17(15-25)13-24-20-7-5-4-6-19(20)22(26)27/h1,4-9,11-12,15,23-24H,10,13-14H2,2H3,(H,26,27)/b17-11-. The third-order valence-electron chi connectivity index (χ3n) is 3.99. The van der Waals surface area contributed by atoms with E-state index in [9.17, 15) is 14.7 Å². The number of hydrogen-bond donors (Lipinski definition) is 3. The monoisotopic (exact) mass is 378 g/mol. The van der Waals surface area contributed by atoms with Crippen molar-refractivity contribution in [3.05, 3.63) is 64.7 Å². The Morgan fingerprint density at radius 2 is 2.07 bits per heavy atom. The molecule has 0 aromatic heterocycles. The first-order valence-electron chi connectivity index (χ1n) is 8.62. The summed E-state index contributed by atoms with van der Waals surface area (Å²) < 4.78 is 5.35. The highest BCUT2D eigenvalue weighted by molar-refractivity contribution is 5.94. The highest BCUT2D eigenvalue weighted by atomic mass is 16.5. The SMILES string of the molecule is C#CCNCc1cc(/C=C(\C=O)CNc2ccccc2C(=O)O)ccc1OC. The Labute approximate surface area is 164 Å². The van der Waals surface area contributed by atoms with E-state index in [4.69, 9.17) is 11.2 Å². The van der Waals surface area contributed by atoms with Crippen LogP contribution in [-0.2, 0) is 11.3 Å². The van der Waals surface area contributed by atoms with Gasteiger partial charge in [-0.1, -0.05) is 24.1 Å². The number of hydrogen-bond acceptors (Lipinski definition) is 5. The normalized spacial score (nSPS) is 10.8. The third-order valence-corrected chi connectivity index (χ3v) is 3.99. The molecule has 0 aliphatic rings. The predicted octanol–water partition coefficient (Wildman–Crippen LogP) is 2.81. The van der Waals surface area contributed by atoms with Crippen LogP contribution in [0, 0.1) is 12.3 Å². The zero-order chi connectivity index (χ0) is 20.4. The Balaban J connectivity index is 2.18. The largest absolute Gasteiger partial charge is 0.496 e. The van der Waals surface area contributed by atoms with E-state index < -0.39 is 5.97 Å². The minimum atomic E-state index is -1.03. The summed E-state index contributed by atoms with van der Waals surface area (Å²) in [5, 5.41) is 15.4. The lowest BCUT2D eigenvalue weighted by molar-refractivity contribution is -0.104. The van der Waals surface area contributed by atoms with Gasteiger partial charge in [0.25, 0.3) is 0 Å². The van der Waals surface area contributed by atoms with Crippen LogP contribution in [0.1, 0.15) is 21.5 Å². The molecular formula is C22H22N2O4. The van der Waals surface area contributed by atoms with Crippen LogP contribution in [0.2, 0.25) is 0 Å². The van der Waals surface area contributed by atoms with Gasteiger partial charge in [-0.15, -0.1) is 6.42 Å². The van der Waals surface area contributed by atoms with Gasteiger partial charge in [0.15, 0.2) is 0 Å². The molecule has 0 saturated heterocycles. The second-order valence-electron chi connectivity index (χ2n) is 5.92. The van der Waals surface area contributed by atoms with Crippen LogP contribution in [-0.4, -0.2) is 37.6 Å². The number of ether oxygens (including phenoxy) is 1. The van der Waals surface area contributed by atoms with Crippen molar-refractivity contribution in [1.29, 1.82) is 0 Å². The van der Waals surface area contributed by atoms with Gasteiger partial charge in [-0.25, -0.2) is 4.79 Å². The number of rotatable bonds is 10. The molecule has 0 radical (unpaired) electrons. The average Bonchev–Trinajstić information content (AvgIpc) is 2.71. The number of methoxy groups -OCH3 is 1. The lowest BCUT2D eigenvalue weighted by Crippen LogP contribution is -2.14. The van der Waals surface area contributed by atoms with Gasteiger partial charge in [0.1, 0.15) is 12.0 Å². The van der Waals surface area contributed by atoms with Crippen molar-refractivity contribution in [1.82, 2.24) is 5.32 Å². The number of terminal acetylenes is 1. The number of nitrogens with one attached hydrogen (secondary N) is 2. The van der Waals surface area contributed by atoms with Crippen molar-refractivity contribution in [2.45, 2.75) is 6.54 Å². The summed E-state index contributed by atoms with van der Waals surface area (Å²) in [6.07, 6.45) is 7.74. The minimum absolute atomic E-state index is 0.152. The number of benzene rings is 2. The van der Waals surface area contributed by atoms with Crippen LogP contribution in [0.15, 0.2) is 48.0 Å². The van der Waals surface area contributed by atoms with Gasteiger partial charge in [-0.05, 0) is 35.9 Å². The zero-order valence-corrected chi connectivity index (χ0v) is 15.6. The molecule has 2 aromatic rings. The van der Waals surface area contributed by atoms with E-state index in [1.54, 1.807) is 31.4 Å². The number of aromatic carboxylic acids is 1. The van der Waals surface area contributed by atoms with E-state index in [1.807, 2.05) is 18.2 Å². The second-order valence-corrected chi connectivity index (χ2v) is 5.92. The lowest BCUT2D eigenvalue weighted by Gasteiger charge is -2.11. The van der Waals surface area contributed by atoms with Crippen LogP contribution < -0.4 is 15.4 Å². The summed E-state index contributed by atoms with van der Waals surface area (Å²) in [6.45, 7) is 1.18. The molecule has 0 aliphatic carbocycles. The molecule has 0 amide bonds. The van der Waals surface area contributed by atoms with E-state index >= 15 is 0 Å². The molecule has 3 N–H and O–H groups in total. The Kier molecular flexibility index (Phi) is 7.82. The molecule has 6 heteroatoms. The fraction of sp³-hybridized carbons (Fsp3) is 0.182. The summed E-state index contributed by atoms with van der Waals surface area (Å²) in [5.74, 6) is 2.21. The molecule has 0 saturated carbocycles. The van der Waals surface area contributed by atoms with Crippen LogP contribution >= 0.6 is 0 Å². The number of carbonyl (C=O) groups is 2. The van der Waals surface area contributed by atoms with Gasteiger partial charge in [-0.2, -0.15) is 0 Å². The van der Waals surface area contributed by atoms with Gasteiger partial charge in [0.05, 0.1) is 19.2 Å². The summed E-state index contributed by atoms with van der Waals surface area (Å²) in [6, 6.07) is 12.1. The van der Waals surface area contributed by atoms with Crippen molar-refractivity contribution in [2.75, 3.05) is 25.5 Å². The Morgan fingerprint density at radius 1 is 1.29 bits per heavy atom. The van der Waals surface area contributed by atoms with E-state index in [-0.39, 0.29) is 12.1 Å². The van der Waals surface area contributed by atoms with E-state index in [0.717, 1.165) is 23.2 Å². The predicted molar refractivity (Wildman–Crippen MR) is 109 cm³/mol. The summed E-state index contributed by atoms with van der Waals surface area (Å²) in [4.78, 5) is 22.8. The lowest BCUT2D eigenvalue weighted by atomic mass is 10.1. The number of anilines is 1. The molecule has 6 nitrogen and oxygen atoms in total. The Bertz CT molecular complexity index is 913. The Hall–Kier alpha value is -3.56. The number of carboxylic acid groups (broad SMARTS) is 1. The topological polar surface area (TPSA) is 87.7 Å². The van der Waals surface area contributed by atoms with Gasteiger partial charge in [-0.3, -0.25) is 4.79 Å². The molecule has 0 fully saturated rings. The maximum Gasteiger partial charge on any atom is 0.337 e. The molecule has 0 spiro atoms. The summed E-state index contributed by atoms with van der Waals surface area (Å²) >= 11 is 0. The maximum absolute atomic E-state index is 11.5. The van der Waals surface area contributed by atoms with Crippen molar-refractivity contribution < 1.29 is 19.4 Å². The highest BCUT2D eigenvalue weighted by Crippen LogP contribution is 2.21. The van der Waals surface area contributed by atoms with E-state index in [2.05, 4.69) is 16.6 Å². The van der Waals surface area contributed by atoms with Crippen molar-refractivity contribution >= 4 is 24.0 Å². The van der Waals surface area contributed by atoms with E-state index in [0.29, 0.717) is 24.4 Å². The molecule has 144 valence electrons. The van der Waals surface area contributed by atoms with E-state index in [1.165, 1.54) is 6.07 Å². The number of carboxylic acids is 1. The average molecular weight is 378 g/mol. The van der Waals surface area contributed by atoms with Crippen LogP contribution in [0.3, 0.4) is 0 Å². The summed E-state index contributed by atoms with van der Waals surface area (Å²) in [5.41, 5.74) is 2.83. The van der Waals surface area contributed by atoms with Crippen molar-refractivity contribution in [3.8, 4) is 18.1 Å². The molecule has 0 heterocycles. The van der Waals surface area contributed by atoms with Crippen LogP contribution in [0.4, 0.5) is 5.69 Å². The fourth-order valence-electron chi connectivity index (χ4n) is 2.66. The number of carbonyl (C=O) groups excluding carboxylic acids is 1. The molecule has 0 atom stereocenters. The molecule has 2 rings (SSSR count). The first-order valence-corrected chi connectivity index (χ1v) is 8.62. The van der Waals surface area contributed by atoms with Crippen molar-refractivity contribution in [3.63, 3.8) is 0 Å². The number of aldehydes is 1. The molecule has 0 aliphatic heterocycles. The molecule has 2 aromatic carbocycles. The van der Waals surface area contributed by atoms with Crippen LogP contribution in [0.5, 0.6) is 5.75 Å². The fourth-order valence-corrected chi connectivity index (χ4v) is 2.66. The van der Waals surface area contributed by atoms with Gasteiger partial charge in [0, 0.05) is 29.9 Å². The molecule has 0 unspecified atom stereocenters. The van der Waals surface area contributed by atoms with Gasteiger partial charge >= 0.3 is 5.97 Å². The minimum Gasteiger partial charge on any atom is -0.496 e. The smallest absolute Gasteiger partial charge is 0.337 e. The van der Waals surface area contributed by atoms with Gasteiger partial charge in [0.2, 0.25) is 0 Å². The van der Waals surface area contributed by atoms with Crippen molar-refractivity contribution in [2.24, 2.45) is 0 Å². The van der Waals surface area contributed by atoms with Gasteiger partial charge < -0.3 is 20.5 Å². The second kappa shape index (κ2) is 10.6. The zero-order valence-electron chi connectivity index (χ0n) is 15.6. The molecule has 28 heavy (non-hydrogen) atoms. The first kappa shape index (κ1) is 20.7. The third kappa shape index (κ3) is 5.73. The highest BCUT2D eigenvalue weighted by Gasteiger charge is 2.09. The Morgan fingerprint density at radius 3 is 2.75 bits per heavy atom. The van der Waals surface area contributed by atoms with Crippen LogP contribution in [0.25, 0.3) is 6.08 Å². The molecule has 0 bridgehead atoms. The first-order chi connectivity index (χ1) is 13.6. The maximum atomic E-state index is 11.5. The quantitative estimate of drug-likeness (QED) is 0.255. The molecular weight excluding hydrogens is 356 g/mol. The summed E-state index contributed by atoms with van der Waals surface area (Å²) in [7, 11) is 1.59. The number of para-hydroxylation sites is 1.